The molecule has 6 heteroatoms. The average molecular weight is 431 g/mol. The summed E-state index contributed by atoms with van der Waals surface area (Å²) in [6.07, 6.45) is 1.90. The fraction of sp³-hybridized carbons (Fsp3) is 0.458. The molecule has 164 valence electrons. The first-order valence-corrected chi connectivity index (χ1v) is 12.2. The highest BCUT2D eigenvalue weighted by Gasteiger charge is 2.24. The lowest BCUT2D eigenvalue weighted by atomic mass is 9.87. The minimum absolute atomic E-state index is 0.0361. The summed E-state index contributed by atoms with van der Waals surface area (Å²) < 4.78 is 26.0. The number of hydrogen-bond donors (Lipinski definition) is 1. The Morgan fingerprint density at radius 1 is 1.00 bits per heavy atom. The van der Waals surface area contributed by atoms with E-state index in [0.717, 1.165) is 28.1 Å². The highest BCUT2D eigenvalue weighted by Crippen LogP contribution is 2.26. The Morgan fingerprint density at radius 3 is 2.03 bits per heavy atom. The van der Waals surface area contributed by atoms with Crippen molar-refractivity contribution in [1.82, 2.24) is 5.32 Å². The molecule has 1 atom stereocenters. The van der Waals surface area contributed by atoms with Gasteiger partial charge in [0.1, 0.15) is 6.54 Å². The first-order chi connectivity index (χ1) is 13.9. The predicted molar refractivity (Wildman–Crippen MR) is 124 cm³/mol. The summed E-state index contributed by atoms with van der Waals surface area (Å²) >= 11 is 0. The number of benzene rings is 2. The Bertz CT molecular complexity index is 931. The number of nitrogens with one attached hydrogen (secondary N) is 1. The van der Waals surface area contributed by atoms with Crippen LogP contribution in [0.2, 0.25) is 0 Å². The maximum atomic E-state index is 12.8. The number of carbonyl (C=O) groups excluding carboxylic acids is 1. The molecule has 0 spiro atoms. The van der Waals surface area contributed by atoms with E-state index in [0.29, 0.717) is 11.6 Å². The zero-order valence-corrected chi connectivity index (χ0v) is 19.7. The number of nitrogens with zero attached hydrogens (tertiary/aromatic N) is 1. The molecule has 2 rings (SSSR count). The molecule has 0 heterocycles. The molecule has 30 heavy (non-hydrogen) atoms. The van der Waals surface area contributed by atoms with Gasteiger partial charge < -0.3 is 5.32 Å². The number of sulfonamides is 1. The molecule has 0 fully saturated rings. The van der Waals surface area contributed by atoms with E-state index in [4.69, 9.17) is 0 Å². The van der Waals surface area contributed by atoms with Gasteiger partial charge in [-0.25, -0.2) is 8.42 Å². The van der Waals surface area contributed by atoms with Crippen LogP contribution in [0.4, 0.5) is 5.69 Å². The number of carbonyl (C=O) groups is 1. The molecule has 0 bridgehead atoms. The third kappa shape index (κ3) is 6.87. The molecule has 5 nitrogen and oxygen atoms in total. The summed E-state index contributed by atoms with van der Waals surface area (Å²) in [6.45, 7) is 10.2. The summed E-state index contributed by atoms with van der Waals surface area (Å²) in [6, 6.07) is 17.0. The average Bonchev–Trinajstić information content (AvgIpc) is 2.64. The standard InChI is InChI=1S/C24H34N2O3S/c1-18(2)16-22(19-10-8-7-9-11-19)25-23(27)17-26(30(6,28)29)21-14-12-20(13-15-21)24(3,4)5/h7-15,18,22H,16-17H2,1-6H3,(H,25,27)/t22-/m1/s1. The molecule has 0 radical (unpaired) electrons. The van der Waals surface area contributed by atoms with Crippen LogP contribution < -0.4 is 9.62 Å². The van der Waals surface area contributed by atoms with Crippen molar-refractivity contribution in [2.75, 3.05) is 17.1 Å². The molecule has 0 unspecified atom stereocenters. The van der Waals surface area contributed by atoms with Gasteiger partial charge in [0.15, 0.2) is 0 Å². The molecule has 0 aromatic heterocycles. The minimum atomic E-state index is -3.61. The van der Waals surface area contributed by atoms with Gasteiger partial charge in [0.05, 0.1) is 18.0 Å². The summed E-state index contributed by atoms with van der Waals surface area (Å²) in [5.41, 5.74) is 2.57. The van der Waals surface area contributed by atoms with Crippen molar-refractivity contribution in [2.24, 2.45) is 5.92 Å². The van der Waals surface area contributed by atoms with Crippen LogP contribution in [0.5, 0.6) is 0 Å². The van der Waals surface area contributed by atoms with Crippen molar-refractivity contribution in [3.63, 3.8) is 0 Å². The van der Waals surface area contributed by atoms with E-state index in [1.165, 1.54) is 0 Å². The van der Waals surface area contributed by atoms with E-state index in [1.54, 1.807) is 12.1 Å². The van der Waals surface area contributed by atoms with E-state index in [-0.39, 0.29) is 23.9 Å². The monoisotopic (exact) mass is 430 g/mol. The normalized spacial score (nSPS) is 13.2. The van der Waals surface area contributed by atoms with Gasteiger partial charge in [0.25, 0.3) is 0 Å². The Balaban J connectivity index is 2.22. The second-order valence-electron chi connectivity index (χ2n) is 9.23. The fourth-order valence-electron chi connectivity index (χ4n) is 3.33. The molecule has 0 saturated carbocycles. The van der Waals surface area contributed by atoms with Crippen LogP contribution in [0.1, 0.15) is 58.2 Å². The predicted octanol–water partition coefficient (Wildman–Crippen LogP) is 4.65. The van der Waals surface area contributed by atoms with Crippen molar-refractivity contribution >= 4 is 21.6 Å². The zero-order valence-electron chi connectivity index (χ0n) is 18.8. The number of amides is 1. The third-order valence-corrected chi connectivity index (χ3v) is 6.09. The van der Waals surface area contributed by atoms with Gasteiger partial charge in [-0.1, -0.05) is 77.1 Å². The topological polar surface area (TPSA) is 66.5 Å². The molecule has 1 amide bonds. The molecule has 0 aliphatic rings. The first kappa shape index (κ1) is 23.9. The summed E-state index contributed by atoms with van der Waals surface area (Å²) in [5.74, 6) is 0.0567. The molecule has 2 aromatic rings. The highest BCUT2D eigenvalue weighted by molar-refractivity contribution is 7.92. The van der Waals surface area contributed by atoms with Crippen molar-refractivity contribution < 1.29 is 13.2 Å². The van der Waals surface area contributed by atoms with E-state index in [2.05, 4.69) is 39.9 Å². The zero-order chi connectivity index (χ0) is 22.5. The van der Waals surface area contributed by atoms with Crippen LogP contribution in [-0.2, 0) is 20.2 Å². The van der Waals surface area contributed by atoms with Gasteiger partial charge in [-0.15, -0.1) is 0 Å². The number of hydrogen-bond acceptors (Lipinski definition) is 3. The van der Waals surface area contributed by atoms with Gasteiger partial charge in [0.2, 0.25) is 15.9 Å². The Hall–Kier alpha value is -2.34. The van der Waals surface area contributed by atoms with E-state index in [9.17, 15) is 13.2 Å². The molecule has 1 N–H and O–H groups in total. The molecule has 0 aliphatic heterocycles. The van der Waals surface area contributed by atoms with E-state index in [1.807, 2.05) is 42.5 Å². The highest BCUT2D eigenvalue weighted by atomic mass is 32.2. The van der Waals surface area contributed by atoms with Crippen molar-refractivity contribution in [2.45, 2.75) is 52.5 Å². The lowest BCUT2D eigenvalue weighted by molar-refractivity contribution is -0.120. The van der Waals surface area contributed by atoms with Crippen molar-refractivity contribution in [3.8, 4) is 0 Å². The molecule has 2 aromatic carbocycles. The summed E-state index contributed by atoms with van der Waals surface area (Å²) in [7, 11) is -3.61. The maximum Gasteiger partial charge on any atom is 0.241 e. The Kier molecular flexibility index (Phi) is 7.70. The van der Waals surface area contributed by atoms with Crippen molar-refractivity contribution in [1.29, 1.82) is 0 Å². The lowest BCUT2D eigenvalue weighted by Gasteiger charge is -2.26. The first-order valence-electron chi connectivity index (χ1n) is 10.3. The van der Waals surface area contributed by atoms with Gasteiger partial charge in [-0.2, -0.15) is 0 Å². The van der Waals surface area contributed by atoms with E-state index >= 15 is 0 Å². The van der Waals surface area contributed by atoms with E-state index < -0.39 is 10.0 Å². The molecule has 0 saturated heterocycles. The second-order valence-corrected chi connectivity index (χ2v) is 11.1. The quantitative estimate of drug-likeness (QED) is 0.663. The molecular weight excluding hydrogens is 396 g/mol. The minimum Gasteiger partial charge on any atom is -0.348 e. The number of anilines is 1. The summed E-state index contributed by atoms with van der Waals surface area (Å²) in [4.78, 5) is 12.8. The van der Waals surface area contributed by atoms with Crippen LogP contribution in [0, 0.1) is 5.92 Å². The second kappa shape index (κ2) is 9.65. The fourth-order valence-corrected chi connectivity index (χ4v) is 4.19. The van der Waals surface area contributed by atoms with Gasteiger partial charge in [-0.05, 0) is 41.0 Å². The van der Waals surface area contributed by atoms with Crippen LogP contribution in [0.15, 0.2) is 54.6 Å². The van der Waals surface area contributed by atoms with Crippen LogP contribution in [0.3, 0.4) is 0 Å². The molecule has 0 aliphatic carbocycles. The van der Waals surface area contributed by atoms with Gasteiger partial charge in [0, 0.05) is 0 Å². The maximum absolute atomic E-state index is 12.8. The Morgan fingerprint density at radius 2 is 1.57 bits per heavy atom. The SMILES string of the molecule is CC(C)C[C@@H](NC(=O)CN(c1ccc(C(C)(C)C)cc1)S(C)(=O)=O)c1ccccc1. The smallest absolute Gasteiger partial charge is 0.241 e. The number of rotatable bonds is 8. The van der Waals surface area contributed by atoms with Crippen LogP contribution >= 0.6 is 0 Å². The Labute approximate surface area is 181 Å². The van der Waals surface area contributed by atoms with Gasteiger partial charge >= 0.3 is 0 Å². The molecular formula is C24H34N2O3S. The van der Waals surface area contributed by atoms with Crippen LogP contribution in [-0.4, -0.2) is 27.1 Å². The summed E-state index contributed by atoms with van der Waals surface area (Å²) in [5, 5.41) is 3.03. The van der Waals surface area contributed by atoms with Crippen molar-refractivity contribution in [3.05, 3.63) is 65.7 Å². The lowest BCUT2D eigenvalue weighted by Crippen LogP contribution is -2.41. The third-order valence-electron chi connectivity index (χ3n) is 4.95. The van der Waals surface area contributed by atoms with Crippen LogP contribution in [0.25, 0.3) is 0 Å². The largest absolute Gasteiger partial charge is 0.348 e. The van der Waals surface area contributed by atoms with Gasteiger partial charge in [-0.3, -0.25) is 9.10 Å².